The number of hydrogen-bond acceptors (Lipinski definition) is 2. The van der Waals surface area contributed by atoms with Gasteiger partial charge in [-0.25, -0.2) is 4.39 Å². The Morgan fingerprint density at radius 3 is 2.81 bits per heavy atom. The van der Waals surface area contributed by atoms with E-state index in [0.717, 1.165) is 0 Å². The summed E-state index contributed by atoms with van der Waals surface area (Å²) in [5.74, 6) is -0.837. The standard InChI is InChI=1S/C12H13FN2O/c1-3-12(2,8-14)11(16)15-10-6-4-5-9(13)7-10/h4-7H,3H2,1-2H3,(H,15,16). The van der Waals surface area contributed by atoms with Crippen molar-refractivity contribution in [3.05, 3.63) is 30.1 Å². The molecule has 4 heteroatoms. The van der Waals surface area contributed by atoms with Gasteiger partial charge in [0.25, 0.3) is 0 Å². The number of halogens is 1. The summed E-state index contributed by atoms with van der Waals surface area (Å²) in [7, 11) is 0. The van der Waals surface area contributed by atoms with Crippen molar-refractivity contribution >= 4 is 11.6 Å². The van der Waals surface area contributed by atoms with Gasteiger partial charge in [0.15, 0.2) is 0 Å². The molecule has 0 aliphatic rings. The molecule has 0 spiro atoms. The fourth-order valence-electron chi connectivity index (χ4n) is 1.13. The first-order valence-electron chi connectivity index (χ1n) is 5.00. The van der Waals surface area contributed by atoms with E-state index in [1.807, 2.05) is 6.07 Å². The molecule has 0 saturated heterocycles. The molecule has 0 aliphatic carbocycles. The summed E-state index contributed by atoms with van der Waals surface area (Å²) < 4.78 is 12.9. The van der Waals surface area contributed by atoms with E-state index in [1.54, 1.807) is 19.9 Å². The van der Waals surface area contributed by atoms with Crippen LogP contribution in [0.25, 0.3) is 0 Å². The molecule has 0 aliphatic heterocycles. The maximum Gasteiger partial charge on any atom is 0.244 e. The molecule has 3 nitrogen and oxygen atoms in total. The van der Waals surface area contributed by atoms with Gasteiger partial charge in [-0.2, -0.15) is 5.26 Å². The summed E-state index contributed by atoms with van der Waals surface area (Å²) in [6.45, 7) is 3.32. The topological polar surface area (TPSA) is 52.9 Å². The van der Waals surface area contributed by atoms with Crippen LogP contribution in [0.5, 0.6) is 0 Å². The summed E-state index contributed by atoms with van der Waals surface area (Å²) in [6, 6.07) is 7.54. The van der Waals surface area contributed by atoms with Crippen molar-refractivity contribution in [1.82, 2.24) is 0 Å². The highest BCUT2D eigenvalue weighted by Crippen LogP contribution is 2.22. The predicted octanol–water partition coefficient (Wildman–Crippen LogP) is 2.70. The van der Waals surface area contributed by atoms with Crippen LogP contribution in [0.4, 0.5) is 10.1 Å². The van der Waals surface area contributed by atoms with Crippen molar-refractivity contribution in [2.75, 3.05) is 5.32 Å². The maximum atomic E-state index is 12.9. The molecule has 0 saturated carbocycles. The third-order valence-corrected chi connectivity index (χ3v) is 2.54. The zero-order valence-electron chi connectivity index (χ0n) is 9.25. The van der Waals surface area contributed by atoms with Crippen LogP contribution < -0.4 is 5.32 Å². The number of nitriles is 1. The van der Waals surface area contributed by atoms with Gasteiger partial charge in [-0.15, -0.1) is 0 Å². The van der Waals surface area contributed by atoms with E-state index in [4.69, 9.17) is 5.26 Å². The number of benzene rings is 1. The Labute approximate surface area is 93.9 Å². The van der Waals surface area contributed by atoms with Crippen LogP contribution in [0.15, 0.2) is 24.3 Å². The lowest BCUT2D eigenvalue weighted by Gasteiger charge is -2.18. The fourth-order valence-corrected chi connectivity index (χ4v) is 1.13. The van der Waals surface area contributed by atoms with Crippen LogP contribution in [0, 0.1) is 22.6 Å². The van der Waals surface area contributed by atoms with Crippen molar-refractivity contribution in [2.24, 2.45) is 5.41 Å². The number of carbonyl (C=O) groups is 1. The van der Waals surface area contributed by atoms with Crippen molar-refractivity contribution < 1.29 is 9.18 Å². The van der Waals surface area contributed by atoms with Gasteiger partial charge in [0.1, 0.15) is 11.2 Å². The van der Waals surface area contributed by atoms with Crippen molar-refractivity contribution in [3.8, 4) is 6.07 Å². The molecule has 84 valence electrons. The lowest BCUT2D eigenvalue weighted by molar-refractivity contribution is -0.122. The van der Waals surface area contributed by atoms with Gasteiger partial charge in [-0.05, 0) is 31.5 Å². The quantitative estimate of drug-likeness (QED) is 0.851. The Hall–Kier alpha value is -1.89. The molecule has 1 atom stereocenters. The van der Waals surface area contributed by atoms with Gasteiger partial charge >= 0.3 is 0 Å². The number of nitrogens with one attached hydrogen (secondary N) is 1. The minimum atomic E-state index is -1.08. The second-order valence-corrected chi connectivity index (χ2v) is 3.76. The van der Waals surface area contributed by atoms with E-state index >= 15 is 0 Å². The van der Waals surface area contributed by atoms with Crippen molar-refractivity contribution in [3.63, 3.8) is 0 Å². The number of nitrogens with zero attached hydrogens (tertiary/aromatic N) is 1. The van der Waals surface area contributed by atoms with Crippen LogP contribution in [0.2, 0.25) is 0 Å². The Balaban J connectivity index is 2.83. The predicted molar refractivity (Wildman–Crippen MR) is 59.0 cm³/mol. The van der Waals surface area contributed by atoms with E-state index in [0.29, 0.717) is 12.1 Å². The largest absolute Gasteiger partial charge is 0.325 e. The van der Waals surface area contributed by atoms with Gasteiger partial charge in [0.05, 0.1) is 6.07 Å². The zero-order chi connectivity index (χ0) is 12.2. The minimum absolute atomic E-state index is 0.361. The molecular formula is C12H13FN2O. The SMILES string of the molecule is CCC(C)(C#N)C(=O)Nc1cccc(F)c1. The van der Waals surface area contributed by atoms with Crippen LogP contribution >= 0.6 is 0 Å². The molecule has 1 aromatic rings. The number of rotatable bonds is 3. The van der Waals surface area contributed by atoms with E-state index in [2.05, 4.69) is 5.32 Å². The van der Waals surface area contributed by atoms with Crippen molar-refractivity contribution in [2.45, 2.75) is 20.3 Å². The molecular weight excluding hydrogens is 207 g/mol. The average Bonchev–Trinajstić information content (AvgIpc) is 2.28. The Morgan fingerprint density at radius 2 is 2.31 bits per heavy atom. The van der Waals surface area contributed by atoms with Gasteiger partial charge < -0.3 is 5.32 Å². The Bertz CT molecular complexity index is 439. The Kier molecular flexibility index (Phi) is 3.62. The summed E-state index contributed by atoms with van der Waals surface area (Å²) in [5.41, 5.74) is -0.716. The molecule has 1 amide bonds. The number of amides is 1. The molecule has 0 bridgehead atoms. The molecule has 1 unspecified atom stereocenters. The zero-order valence-corrected chi connectivity index (χ0v) is 9.25. The molecule has 1 aromatic carbocycles. The molecule has 0 radical (unpaired) electrons. The molecule has 1 rings (SSSR count). The van der Waals surface area contributed by atoms with E-state index in [1.165, 1.54) is 18.2 Å². The van der Waals surface area contributed by atoms with E-state index in [-0.39, 0.29) is 0 Å². The highest BCUT2D eigenvalue weighted by Gasteiger charge is 2.31. The van der Waals surface area contributed by atoms with Gasteiger partial charge in [0.2, 0.25) is 5.91 Å². The molecule has 1 N–H and O–H groups in total. The number of anilines is 1. The molecule has 16 heavy (non-hydrogen) atoms. The van der Waals surface area contributed by atoms with E-state index < -0.39 is 17.1 Å². The number of hydrogen-bond donors (Lipinski definition) is 1. The second kappa shape index (κ2) is 4.75. The lowest BCUT2D eigenvalue weighted by atomic mass is 9.88. The monoisotopic (exact) mass is 220 g/mol. The van der Waals surface area contributed by atoms with Gasteiger partial charge in [-0.1, -0.05) is 13.0 Å². The first kappa shape index (κ1) is 12.2. The third-order valence-electron chi connectivity index (χ3n) is 2.54. The fraction of sp³-hybridized carbons (Fsp3) is 0.333. The minimum Gasteiger partial charge on any atom is -0.325 e. The average molecular weight is 220 g/mol. The van der Waals surface area contributed by atoms with Crippen LogP contribution in [0.1, 0.15) is 20.3 Å². The van der Waals surface area contributed by atoms with Crippen LogP contribution in [-0.2, 0) is 4.79 Å². The van der Waals surface area contributed by atoms with Gasteiger partial charge in [0, 0.05) is 5.69 Å². The second-order valence-electron chi connectivity index (χ2n) is 3.76. The van der Waals surface area contributed by atoms with Crippen molar-refractivity contribution in [1.29, 1.82) is 5.26 Å². The van der Waals surface area contributed by atoms with Crippen LogP contribution in [0.3, 0.4) is 0 Å². The van der Waals surface area contributed by atoms with Gasteiger partial charge in [-0.3, -0.25) is 4.79 Å². The summed E-state index contributed by atoms with van der Waals surface area (Å²) >= 11 is 0. The highest BCUT2D eigenvalue weighted by molar-refractivity contribution is 5.96. The smallest absolute Gasteiger partial charge is 0.244 e. The molecule has 0 aromatic heterocycles. The molecule has 0 heterocycles. The third kappa shape index (κ3) is 2.57. The first-order valence-corrected chi connectivity index (χ1v) is 5.00. The lowest BCUT2D eigenvalue weighted by Crippen LogP contribution is -2.31. The summed E-state index contributed by atoms with van der Waals surface area (Å²) in [5, 5.41) is 11.4. The highest BCUT2D eigenvalue weighted by atomic mass is 19.1. The summed E-state index contributed by atoms with van der Waals surface area (Å²) in [4.78, 5) is 11.8. The van der Waals surface area contributed by atoms with E-state index in [9.17, 15) is 9.18 Å². The maximum absolute atomic E-state index is 12.9. The number of carbonyl (C=O) groups excluding carboxylic acids is 1. The van der Waals surface area contributed by atoms with Crippen LogP contribution in [-0.4, -0.2) is 5.91 Å². The summed E-state index contributed by atoms with van der Waals surface area (Å²) in [6.07, 6.45) is 0.407. The first-order chi connectivity index (χ1) is 7.51. The molecule has 0 fully saturated rings. The Morgan fingerprint density at radius 1 is 1.62 bits per heavy atom. The normalized spacial score (nSPS) is 13.6.